The molecule has 9 heteroatoms. The molecule has 0 saturated carbocycles. The van der Waals surface area contributed by atoms with Gasteiger partial charge in [0.2, 0.25) is 0 Å². The quantitative estimate of drug-likeness (QED) is 0.367. The normalized spacial score (nSPS) is 13.4. The number of guanidine groups is 1. The summed E-state index contributed by atoms with van der Waals surface area (Å²) in [5.41, 5.74) is -0.534. The van der Waals surface area contributed by atoms with Crippen LogP contribution in [0, 0.1) is 0 Å². The lowest BCUT2D eigenvalue weighted by molar-refractivity contribution is 0.0529. The highest BCUT2D eigenvalue weighted by Crippen LogP contribution is 2.15. The minimum absolute atomic E-state index is 0.0212. The van der Waals surface area contributed by atoms with E-state index in [9.17, 15) is 13.2 Å². The summed E-state index contributed by atoms with van der Waals surface area (Å²) >= 11 is 0. The van der Waals surface area contributed by atoms with Crippen molar-refractivity contribution in [3.8, 4) is 0 Å². The van der Waals surface area contributed by atoms with Crippen molar-refractivity contribution in [2.45, 2.75) is 51.9 Å². The fourth-order valence-corrected chi connectivity index (χ4v) is 2.47. The summed E-state index contributed by atoms with van der Waals surface area (Å²) < 4.78 is 28.4. The third-order valence-corrected chi connectivity index (χ3v) is 5.51. The maximum absolute atomic E-state index is 12.0. The topological polar surface area (TPSA) is 109 Å². The summed E-state index contributed by atoms with van der Waals surface area (Å²) in [5, 5.41) is 8.54. The molecule has 0 aromatic carbocycles. The van der Waals surface area contributed by atoms with Gasteiger partial charge in [-0.2, -0.15) is 0 Å². The molecule has 3 N–H and O–H groups in total. The van der Waals surface area contributed by atoms with Gasteiger partial charge in [-0.15, -0.1) is 0 Å². The zero-order valence-electron chi connectivity index (χ0n) is 15.8. The summed E-state index contributed by atoms with van der Waals surface area (Å²) in [6, 6.07) is 0. The summed E-state index contributed by atoms with van der Waals surface area (Å²) in [7, 11) is -1.58. The van der Waals surface area contributed by atoms with Crippen LogP contribution in [-0.4, -0.2) is 63.3 Å². The van der Waals surface area contributed by atoms with Crippen molar-refractivity contribution in [2.75, 3.05) is 32.4 Å². The summed E-state index contributed by atoms with van der Waals surface area (Å²) in [6.07, 6.45) is -0.483. The number of carbonyl (C=O) groups is 1. The van der Waals surface area contributed by atoms with Crippen LogP contribution in [0.5, 0.6) is 0 Å². The Morgan fingerprint density at radius 3 is 1.92 bits per heavy atom. The minimum Gasteiger partial charge on any atom is -0.444 e. The van der Waals surface area contributed by atoms with Crippen molar-refractivity contribution in [1.82, 2.24) is 16.0 Å². The van der Waals surface area contributed by atoms with Crippen LogP contribution >= 0.6 is 0 Å². The molecule has 0 rings (SSSR count). The van der Waals surface area contributed by atoms with Crippen LogP contribution < -0.4 is 16.0 Å². The molecule has 0 bridgehead atoms. The van der Waals surface area contributed by atoms with Gasteiger partial charge in [0.15, 0.2) is 15.8 Å². The molecule has 0 radical (unpaired) electrons. The highest BCUT2D eigenvalue weighted by atomic mass is 32.2. The minimum atomic E-state index is -3.17. The first kappa shape index (κ1) is 22.5. The fourth-order valence-electron chi connectivity index (χ4n) is 1.49. The number of sulfone groups is 1. The number of carbonyl (C=O) groups excluding carboxylic acids is 1. The molecule has 0 saturated heterocycles. The molecule has 8 nitrogen and oxygen atoms in total. The first-order chi connectivity index (χ1) is 10.8. The van der Waals surface area contributed by atoms with Gasteiger partial charge in [-0.25, -0.2) is 13.2 Å². The van der Waals surface area contributed by atoms with Crippen LogP contribution in [0.3, 0.4) is 0 Å². The van der Waals surface area contributed by atoms with Crippen molar-refractivity contribution in [2.24, 2.45) is 4.99 Å². The van der Waals surface area contributed by atoms with E-state index >= 15 is 0 Å². The average Bonchev–Trinajstić information content (AvgIpc) is 2.38. The standard InChI is InChI=1S/C15H32N4O4S/c1-14(2,3)23-13(20)19-9-8-17-12(16-7)18-10-11-24(21,22)15(4,5)6/h8-11H2,1-7H3,(H,19,20)(H2,16,17,18). The van der Waals surface area contributed by atoms with Gasteiger partial charge < -0.3 is 20.7 Å². The predicted octanol–water partition coefficient (Wildman–Crippen LogP) is 0.889. The van der Waals surface area contributed by atoms with Crippen LogP contribution in [0.1, 0.15) is 41.5 Å². The molecule has 24 heavy (non-hydrogen) atoms. The zero-order chi connectivity index (χ0) is 19.0. The second-order valence-corrected chi connectivity index (χ2v) is 10.1. The van der Waals surface area contributed by atoms with Gasteiger partial charge >= 0.3 is 6.09 Å². The van der Waals surface area contributed by atoms with E-state index in [2.05, 4.69) is 20.9 Å². The van der Waals surface area contributed by atoms with Crippen molar-refractivity contribution in [3.05, 3.63) is 0 Å². The molecule has 142 valence electrons. The second-order valence-electron chi connectivity index (χ2n) is 7.29. The Morgan fingerprint density at radius 2 is 1.46 bits per heavy atom. The van der Waals surface area contributed by atoms with E-state index < -0.39 is 26.3 Å². The number of ether oxygens (including phenoxy) is 1. The van der Waals surface area contributed by atoms with E-state index in [-0.39, 0.29) is 12.3 Å². The van der Waals surface area contributed by atoms with Crippen LogP contribution in [0.15, 0.2) is 4.99 Å². The maximum Gasteiger partial charge on any atom is 0.407 e. The number of nitrogens with one attached hydrogen (secondary N) is 3. The van der Waals surface area contributed by atoms with Crippen molar-refractivity contribution < 1.29 is 17.9 Å². The van der Waals surface area contributed by atoms with Crippen LogP contribution in [0.2, 0.25) is 0 Å². The Kier molecular flexibility index (Phi) is 8.53. The summed E-state index contributed by atoms with van der Waals surface area (Å²) in [6.45, 7) is 11.5. The Hall–Kier alpha value is -1.51. The Labute approximate surface area is 145 Å². The van der Waals surface area contributed by atoms with E-state index in [1.54, 1.807) is 48.6 Å². The zero-order valence-corrected chi connectivity index (χ0v) is 16.6. The van der Waals surface area contributed by atoms with Gasteiger partial charge in [-0.05, 0) is 41.5 Å². The molecule has 0 aliphatic carbocycles. The van der Waals surface area contributed by atoms with Crippen molar-refractivity contribution >= 4 is 21.9 Å². The summed E-state index contributed by atoms with van der Waals surface area (Å²) in [4.78, 5) is 15.5. The monoisotopic (exact) mass is 364 g/mol. The van der Waals surface area contributed by atoms with E-state index in [1.165, 1.54) is 0 Å². The number of amides is 1. The molecular weight excluding hydrogens is 332 g/mol. The lowest BCUT2D eigenvalue weighted by atomic mass is 10.2. The lowest BCUT2D eigenvalue weighted by Crippen LogP contribution is -2.44. The number of hydrogen-bond donors (Lipinski definition) is 3. The molecule has 1 amide bonds. The van der Waals surface area contributed by atoms with E-state index in [4.69, 9.17) is 4.74 Å². The van der Waals surface area contributed by atoms with Gasteiger partial charge in [0.1, 0.15) is 5.60 Å². The molecule has 0 aliphatic rings. The van der Waals surface area contributed by atoms with Crippen molar-refractivity contribution in [1.29, 1.82) is 0 Å². The van der Waals surface area contributed by atoms with Gasteiger partial charge in [0, 0.05) is 26.7 Å². The highest BCUT2D eigenvalue weighted by Gasteiger charge is 2.28. The van der Waals surface area contributed by atoms with Gasteiger partial charge in [-0.1, -0.05) is 0 Å². The average molecular weight is 365 g/mol. The maximum atomic E-state index is 12.0. The third kappa shape index (κ3) is 9.59. The molecule has 0 aromatic rings. The first-order valence-electron chi connectivity index (χ1n) is 7.92. The van der Waals surface area contributed by atoms with E-state index in [1.807, 2.05) is 0 Å². The number of hydrogen-bond acceptors (Lipinski definition) is 5. The van der Waals surface area contributed by atoms with Crippen LogP contribution in [0.25, 0.3) is 0 Å². The number of alkyl carbamates (subject to hydrolysis) is 1. The number of nitrogens with zero attached hydrogens (tertiary/aromatic N) is 1. The SMILES string of the molecule is CN=C(NCCNC(=O)OC(C)(C)C)NCCS(=O)(=O)C(C)(C)C. The molecule has 0 spiro atoms. The van der Waals surface area contributed by atoms with Crippen LogP contribution in [-0.2, 0) is 14.6 Å². The third-order valence-electron chi connectivity index (χ3n) is 2.91. The van der Waals surface area contributed by atoms with Gasteiger partial charge in [-0.3, -0.25) is 4.99 Å². The Balaban J connectivity index is 4.09. The lowest BCUT2D eigenvalue weighted by Gasteiger charge is -2.20. The summed E-state index contributed by atoms with van der Waals surface area (Å²) in [5.74, 6) is 0.498. The van der Waals surface area contributed by atoms with Gasteiger partial charge in [0.05, 0.1) is 10.5 Å². The molecular formula is C15H32N4O4S. The molecule has 0 aromatic heterocycles. The Morgan fingerprint density at radius 1 is 0.958 bits per heavy atom. The molecule has 0 unspecified atom stereocenters. The molecule has 0 aliphatic heterocycles. The molecule has 0 heterocycles. The van der Waals surface area contributed by atoms with Crippen molar-refractivity contribution in [3.63, 3.8) is 0 Å². The fraction of sp³-hybridized carbons (Fsp3) is 0.867. The second kappa shape index (κ2) is 9.10. The van der Waals surface area contributed by atoms with E-state index in [0.717, 1.165) is 0 Å². The highest BCUT2D eigenvalue weighted by molar-refractivity contribution is 7.92. The predicted molar refractivity (Wildman–Crippen MR) is 97.1 cm³/mol. The van der Waals surface area contributed by atoms with E-state index in [0.29, 0.717) is 19.0 Å². The molecule has 0 atom stereocenters. The number of aliphatic imine (C=N–C) groups is 1. The first-order valence-corrected chi connectivity index (χ1v) is 9.57. The van der Waals surface area contributed by atoms with Gasteiger partial charge in [0.25, 0.3) is 0 Å². The largest absolute Gasteiger partial charge is 0.444 e. The molecule has 0 fully saturated rings. The number of rotatable bonds is 6. The Bertz CT molecular complexity index is 531. The van der Waals surface area contributed by atoms with Crippen LogP contribution in [0.4, 0.5) is 4.79 Å². The smallest absolute Gasteiger partial charge is 0.407 e.